The molecule has 0 heterocycles. The van der Waals surface area contributed by atoms with Gasteiger partial charge in [0.1, 0.15) is 5.75 Å². The number of halogens is 3. The Morgan fingerprint density at radius 3 is 2.32 bits per heavy atom. The summed E-state index contributed by atoms with van der Waals surface area (Å²) in [7, 11) is 0. The van der Waals surface area contributed by atoms with Crippen molar-refractivity contribution in [2.45, 2.75) is 19.8 Å². The molecule has 5 nitrogen and oxygen atoms in total. The number of carbonyl (C=O) groups is 2. The molecule has 0 saturated carbocycles. The minimum absolute atomic E-state index is 0.0167. The minimum Gasteiger partial charge on any atom is -0.494 e. The van der Waals surface area contributed by atoms with Crippen molar-refractivity contribution in [3.8, 4) is 5.75 Å². The van der Waals surface area contributed by atoms with Gasteiger partial charge >= 0.3 is 0 Å². The van der Waals surface area contributed by atoms with Gasteiger partial charge in [-0.25, -0.2) is 13.2 Å². The van der Waals surface area contributed by atoms with Crippen LogP contribution in [-0.4, -0.2) is 31.5 Å². The van der Waals surface area contributed by atoms with Gasteiger partial charge in [0.2, 0.25) is 5.91 Å². The van der Waals surface area contributed by atoms with Crippen LogP contribution in [0.25, 0.3) is 0 Å². The van der Waals surface area contributed by atoms with Crippen molar-refractivity contribution in [3.63, 3.8) is 0 Å². The summed E-state index contributed by atoms with van der Waals surface area (Å²) in [4.78, 5) is 23.5. The topological polar surface area (TPSA) is 67.4 Å². The maximum Gasteiger partial charge on any atom is 0.254 e. The first kappa shape index (κ1) is 21.3. The number of nitrogens with one attached hydrogen (secondary N) is 2. The monoisotopic (exact) mass is 394 g/mol. The van der Waals surface area contributed by atoms with Crippen LogP contribution in [0.15, 0.2) is 36.4 Å². The standard InChI is InChI=1S/C20H21F3N2O3/c1-13-4-6-14(7-5-13)28-12-2-3-17(26)24-10-11-25-20(27)15-8-9-16(21)19(23)18(15)22/h4-9H,2-3,10-12H2,1H3,(H,24,26)(H,25,27). The maximum absolute atomic E-state index is 13.5. The predicted molar refractivity (Wildman–Crippen MR) is 97.6 cm³/mol. The average Bonchev–Trinajstić information content (AvgIpc) is 2.68. The first-order chi connectivity index (χ1) is 13.4. The molecule has 0 aliphatic carbocycles. The summed E-state index contributed by atoms with van der Waals surface area (Å²) in [6.45, 7) is 2.51. The molecule has 28 heavy (non-hydrogen) atoms. The largest absolute Gasteiger partial charge is 0.494 e. The van der Waals surface area contributed by atoms with E-state index < -0.39 is 28.9 Å². The summed E-state index contributed by atoms with van der Waals surface area (Å²) in [6.07, 6.45) is 0.768. The summed E-state index contributed by atoms with van der Waals surface area (Å²) in [5, 5.41) is 4.92. The second-order valence-corrected chi connectivity index (χ2v) is 6.09. The van der Waals surface area contributed by atoms with Crippen LogP contribution in [0.1, 0.15) is 28.8 Å². The lowest BCUT2D eigenvalue weighted by Gasteiger charge is -2.09. The molecule has 8 heteroatoms. The smallest absolute Gasteiger partial charge is 0.254 e. The third-order valence-corrected chi connectivity index (χ3v) is 3.85. The van der Waals surface area contributed by atoms with Crippen molar-refractivity contribution in [2.75, 3.05) is 19.7 Å². The van der Waals surface area contributed by atoms with E-state index in [0.717, 1.165) is 17.4 Å². The number of ether oxygens (including phenoxy) is 1. The fourth-order valence-electron chi connectivity index (χ4n) is 2.32. The molecule has 2 aromatic rings. The number of rotatable bonds is 9. The SMILES string of the molecule is Cc1ccc(OCCCC(=O)NCCNC(=O)c2ccc(F)c(F)c2F)cc1. The zero-order chi connectivity index (χ0) is 20.5. The third kappa shape index (κ3) is 6.29. The predicted octanol–water partition coefficient (Wildman–Crippen LogP) is 3.12. The Labute approximate surface area is 160 Å². The molecule has 0 unspecified atom stereocenters. The van der Waals surface area contributed by atoms with Crippen molar-refractivity contribution >= 4 is 11.8 Å². The quantitative estimate of drug-likeness (QED) is 0.507. The molecule has 0 saturated heterocycles. The van der Waals surface area contributed by atoms with Crippen LogP contribution < -0.4 is 15.4 Å². The minimum atomic E-state index is -1.70. The van der Waals surface area contributed by atoms with Crippen molar-refractivity contribution in [3.05, 3.63) is 65.0 Å². The Balaban J connectivity index is 1.61. The number of hydrogen-bond donors (Lipinski definition) is 2. The van der Waals surface area contributed by atoms with Gasteiger partial charge in [-0.3, -0.25) is 9.59 Å². The fourth-order valence-corrected chi connectivity index (χ4v) is 2.32. The molecule has 0 bridgehead atoms. The van der Waals surface area contributed by atoms with E-state index in [9.17, 15) is 22.8 Å². The number of benzene rings is 2. The highest BCUT2D eigenvalue weighted by atomic mass is 19.2. The van der Waals surface area contributed by atoms with Gasteiger partial charge in [-0.05, 0) is 37.6 Å². The van der Waals surface area contributed by atoms with Gasteiger partial charge < -0.3 is 15.4 Å². The zero-order valence-corrected chi connectivity index (χ0v) is 15.4. The van der Waals surface area contributed by atoms with Crippen LogP contribution in [-0.2, 0) is 4.79 Å². The second kappa shape index (κ2) is 10.3. The third-order valence-electron chi connectivity index (χ3n) is 3.85. The van der Waals surface area contributed by atoms with Gasteiger partial charge in [0, 0.05) is 19.5 Å². The van der Waals surface area contributed by atoms with Gasteiger partial charge in [-0.1, -0.05) is 17.7 Å². The van der Waals surface area contributed by atoms with Gasteiger partial charge in [-0.15, -0.1) is 0 Å². The molecule has 0 aromatic heterocycles. The number of aryl methyl sites for hydroxylation is 1. The normalized spacial score (nSPS) is 10.4. The molecule has 0 fully saturated rings. The zero-order valence-electron chi connectivity index (χ0n) is 15.4. The highest BCUT2D eigenvalue weighted by Crippen LogP contribution is 2.15. The molecule has 2 amide bonds. The summed E-state index contributed by atoms with van der Waals surface area (Å²) in [6, 6.07) is 9.11. The first-order valence-electron chi connectivity index (χ1n) is 8.76. The Bertz CT molecular complexity index is 826. The van der Waals surface area contributed by atoms with Crippen LogP contribution in [0.3, 0.4) is 0 Å². The lowest BCUT2D eigenvalue weighted by atomic mass is 10.2. The van der Waals surface area contributed by atoms with Crippen molar-refractivity contribution < 1.29 is 27.5 Å². The Kier molecular flexibility index (Phi) is 7.86. The summed E-state index contributed by atoms with van der Waals surface area (Å²) in [5.41, 5.74) is 0.532. The van der Waals surface area contributed by atoms with Crippen molar-refractivity contribution in [1.29, 1.82) is 0 Å². The molecule has 0 atom stereocenters. The summed E-state index contributed by atoms with van der Waals surface area (Å²) in [5.74, 6) is -4.99. The maximum atomic E-state index is 13.5. The van der Waals surface area contributed by atoms with Crippen LogP contribution in [0.2, 0.25) is 0 Å². The van der Waals surface area contributed by atoms with E-state index >= 15 is 0 Å². The molecular weight excluding hydrogens is 373 g/mol. The Hall–Kier alpha value is -3.03. The highest BCUT2D eigenvalue weighted by molar-refractivity contribution is 5.94. The van der Waals surface area contributed by atoms with E-state index in [4.69, 9.17) is 4.74 Å². The molecule has 0 radical (unpaired) electrons. The number of amides is 2. The fraction of sp³-hybridized carbons (Fsp3) is 0.300. The second-order valence-electron chi connectivity index (χ2n) is 6.09. The van der Waals surface area contributed by atoms with Crippen LogP contribution >= 0.6 is 0 Å². The molecule has 0 spiro atoms. The summed E-state index contributed by atoms with van der Waals surface area (Å²) < 4.78 is 45.0. The Morgan fingerprint density at radius 2 is 1.61 bits per heavy atom. The van der Waals surface area contributed by atoms with E-state index in [0.29, 0.717) is 19.1 Å². The summed E-state index contributed by atoms with van der Waals surface area (Å²) >= 11 is 0. The van der Waals surface area contributed by atoms with E-state index in [1.807, 2.05) is 31.2 Å². The van der Waals surface area contributed by atoms with Crippen LogP contribution in [0.5, 0.6) is 5.75 Å². The molecule has 2 rings (SSSR count). The van der Waals surface area contributed by atoms with Gasteiger partial charge in [0.05, 0.1) is 12.2 Å². The van der Waals surface area contributed by atoms with E-state index in [2.05, 4.69) is 10.6 Å². The van der Waals surface area contributed by atoms with E-state index in [1.165, 1.54) is 0 Å². The number of carbonyl (C=O) groups excluding carboxylic acids is 2. The molecule has 2 N–H and O–H groups in total. The van der Waals surface area contributed by atoms with Gasteiger partial charge in [-0.2, -0.15) is 0 Å². The lowest BCUT2D eigenvalue weighted by Crippen LogP contribution is -2.35. The number of hydrogen-bond acceptors (Lipinski definition) is 3. The van der Waals surface area contributed by atoms with Crippen molar-refractivity contribution in [1.82, 2.24) is 10.6 Å². The van der Waals surface area contributed by atoms with Crippen molar-refractivity contribution in [2.24, 2.45) is 0 Å². The lowest BCUT2D eigenvalue weighted by molar-refractivity contribution is -0.121. The van der Waals surface area contributed by atoms with Crippen LogP contribution in [0, 0.1) is 24.4 Å². The molecule has 0 aliphatic heterocycles. The van der Waals surface area contributed by atoms with Crippen LogP contribution in [0.4, 0.5) is 13.2 Å². The van der Waals surface area contributed by atoms with Gasteiger partial charge in [0.15, 0.2) is 17.5 Å². The molecule has 0 aliphatic rings. The van der Waals surface area contributed by atoms with E-state index in [1.54, 1.807) is 0 Å². The molecule has 150 valence electrons. The Morgan fingerprint density at radius 1 is 0.929 bits per heavy atom. The average molecular weight is 394 g/mol. The highest BCUT2D eigenvalue weighted by Gasteiger charge is 2.18. The van der Waals surface area contributed by atoms with Gasteiger partial charge in [0.25, 0.3) is 5.91 Å². The molecule has 2 aromatic carbocycles. The first-order valence-corrected chi connectivity index (χ1v) is 8.76. The van der Waals surface area contributed by atoms with E-state index in [-0.39, 0.29) is 25.4 Å². The molecular formula is C20H21F3N2O3.